The molecule has 0 saturated carbocycles. The fraction of sp³-hybridized carbons (Fsp3) is 0.208. The van der Waals surface area contributed by atoms with E-state index < -0.39 is 0 Å². The third kappa shape index (κ3) is 4.41. The van der Waals surface area contributed by atoms with Crippen molar-refractivity contribution in [1.29, 1.82) is 0 Å². The van der Waals surface area contributed by atoms with Gasteiger partial charge in [0.1, 0.15) is 17.0 Å². The number of carbonyl (C=O) groups is 1. The van der Waals surface area contributed by atoms with Gasteiger partial charge in [-0.2, -0.15) is 0 Å². The summed E-state index contributed by atoms with van der Waals surface area (Å²) < 4.78 is 19.1. The quantitative estimate of drug-likeness (QED) is 0.408. The fourth-order valence-corrected chi connectivity index (χ4v) is 4.42. The van der Waals surface area contributed by atoms with Gasteiger partial charge in [0.2, 0.25) is 5.88 Å². The van der Waals surface area contributed by atoms with Crippen LogP contribution in [0.3, 0.4) is 0 Å². The number of para-hydroxylation sites is 1. The molecule has 0 aliphatic carbocycles. The van der Waals surface area contributed by atoms with Gasteiger partial charge in [0.05, 0.1) is 5.39 Å². The maximum Gasteiger partial charge on any atom is 0.262 e. The number of aromatic nitrogens is 2. The second-order valence-corrected chi connectivity index (χ2v) is 7.87. The number of anilines is 1. The Bertz CT molecular complexity index is 1200. The van der Waals surface area contributed by atoms with Gasteiger partial charge >= 0.3 is 0 Å². The number of halogens is 1. The lowest BCUT2D eigenvalue weighted by Crippen LogP contribution is -2.22. The van der Waals surface area contributed by atoms with Crippen LogP contribution in [0.25, 0.3) is 21.3 Å². The molecule has 0 saturated heterocycles. The monoisotopic (exact) mass is 435 g/mol. The number of fused-ring (bicyclic) bond motifs is 1. The lowest BCUT2D eigenvalue weighted by atomic mass is 10.0. The number of hydrogen-bond acceptors (Lipinski definition) is 5. The summed E-state index contributed by atoms with van der Waals surface area (Å²) in [6.45, 7) is 3.95. The zero-order chi connectivity index (χ0) is 21.8. The van der Waals surface area contributed by atoms with E-state index in [0.29, 0.717) is 5.88 Å². The van der Waals surface area contributed by atoms with Crippen molar-refractivity contribution in [3.05, 3.63) is 71.1 Å². The molecule has 0 aliphatic heterocycles. The van der Waals surface area contributed by atoms with Gasteiger partial charge in [0.25, 0.3) is 5.91 Å². The third-order valence-corrected chi connectivity index (χ3v) is 5.98. The van der Waals surface area contributed by atoms with Gasteiger partial charge in [-0.15, -0.1) is 11.3 Å². The summed E-state index contributed by atoms with van der Waals surface area (Å²) in [6, 6.07) is 12.3. The molecule has 0 aliphatic rings. The van der Waals surface area contributed by atoms with Crippen LogP contribution in [0.5, 0.6) is 5.88 Å². The van der Waals surface area contributed by atoms with Crippen molar-refractivity contribution in [2.45, 2.75) is 26.7 Å². The van der Waals surface area contributed by atoms with Crippen LogP contribution in [0.1, 0.15) is 25.0 Å². The summed E-state index contributed by atoms with van der Waals surface area (Å²) in [7, 11) is 0. The minimum atomic E-state index is -0.300. The molecule has 2 heterocycles. The molecular weight excluding hydrogens is 413 g/mol. The summed E-state index contributed by atoms with van der Waals surface area (Å²) in [5.74, 6) is -0.215. The first kappa shape index (κ1) is 20.9. The Morgan fingerprint density at radius 1 is 1.06 bits per heavy atom. The molecule has 0 fully saturated rings. The number of amides is 1. The van der Waals surface area contributed by atoms with Crippen LogP contribution in [0, 0.1) is 5.82 Å². The van der Waals surface area contributed by atoms with Gasteiger partial charge in [-0.05, 0) is 41.7 Å². The molecular formula is C24H22FN3O2S. The topological polar surface area (TPSA) is 64.1 Å². The first-order valence-corrected chi connectivity index (χ1v) is 11.0. The Morgan fingerprint density at radius 3 is 2.45 bits per heavy atom. The number of benzene rings is 2. The SMILES string of the molecule is CCc1cccc(CC)c1NC(=O)COc1ncnc2scc(-c3ccc(F)cc3)c12. The molecule has 1 amide bonds. The maximum absolute atomic E-state index is 13.3. The molecule has 4 aromatic rings. The summed E-state index contributed by atoms with van der Waals surface area (Å²) in [6.07, 6.45) is 3.07. The van der Waals surface area contributed by atoms with Crippen LogP contribution >= 0.6 is 11.3 Å². The summed E-state index contributed by atoms with van der Waals surface area (Å²) in [5.41, 5.74) is 4.72. The summed E-state index contributed by atoms with van der Waals surface area (Å²) in [5, 5.41) is 5.65. The van der Waals surface area contributed by atoms with Crippen LogP contribution in [-0.4, -0.2) is 22.5 Å². The Morgan fingerprint density at radius 2 is 1.77 bits per heavy atom. The number of rotatable bonds is 7. The second-order valence-electron chi connectivity index (χ2n) is 7.01. The van der Waals surface area contributed by atoms with Crippen molar-refractivity contribution >= 4 is 33.1 Å². The summed E-state index contributed by atoms with van der Waals surface area (Å²) >= 11 is 1.45. The minimum absolute atomic E-state index is 0.175. The smallest absolute Gasteiger partial charge is 0.262 e. The second kappa shape index (κ2) is 9.22. The van der Waals surface area contributed by atoms with E-state index in [1.807, 2.05) is 23.6 Å². The normalized spacial score (nSPS) is 10.9. The molecule has 0 bridgehead atoms. The Labute approximate surface area is 183 Å². The Hall–Kier alpha value is -3.32. The van der Waals surface area contributed by atoms with Crippen LogP contribution in [0.4, 0.5) is 10.1 Å². The van der Waals surface area contributed by atoms with E-state index in [9.17, 15) is 9.18 Å². The molecule has 1 N–H and O–H groups in total. The van der Waals surface area contributed by atoms with Crippen molar-refractivity contribution in [2.75, 3.05) is 11.9 Å². The van der Waals surface area contributed by atoms with Gasteiger partial charge in [0.15, 0.2) is 6.61 Å². The molecule has 31 heavy (non-hydrogen) atoms. The van der Waals surface area contributed by atoms with Gasteiger partial charge in [-0.1, -0.05) is 44.2 Å². The highest BCUT2D eigenvalue weighted by Crippen LogP contribution is 2.37. The number of nitrogens with one attached hydrogen (secondary N) is 1. The minimum Gasteiger partial charge on any atom is -0.467 e. The maximum atomic E-state index is 13.3. The molecule has 0 spiro atoms. The standard InChI is InChI=1S/C24H22FN3O2S/c1-3-15-6-5-7-16(4-2)22(15)28-20(29)12-30-23-21-19(13-31-24(21)27-14-26-23)17-8-10-18(25)11-9-17/h5-11,13-14H,3-4,12H2,1-2H3,(H,28,29). The summed E-state index contributed by atoms with van der Waals surface area (Å²) in [4.78, 5) is 22.0. The highest BCUT2D eigenvalue weighted by molar-refractivity contribution is 7.17. The zero-order valence-corrected chi connectivity index (χ0v) is 18.1. The molecule has 7 heteroatoms. The molecule has 2 aromatic carbocycles. The number of hydrogen-bond donors (Lipinski definition) is 1. The molecule has 0 radical (unpaired) electrons. The molecule has 0 atom stereocenters. The molecule has 158 valence electrons. The molecule has 5 nitrogen and oxygen atoms in total. The van der Waals surface area contributed by atoms with E-state index in [4.69, 9.17) is 4.74 Å². The van der Waals surface area contributed by atoms with Gasteiger partial charge in [-0.25, -0.2) is 14.4 Å². The number of thiophene rings is 1. The number of ether oxygens (including phenoxy) is 1. The fourth-order valence-electron chi connectivity index (χ4n) is 3.51. The number of carbonyl (C=O) groups excluding carboxylic acids is 1. The molecule has 0 unspecified atom stereocenters. The van der Waals surface area contributed by atoms with E-state index >= 15 is 0 Å². The lowest BCUT2D eigenvalue weighted by Gasteiger charge is -2.14. The highest BCUT2D eigenvalue weighted by atomic mass is 32.1. The van der Waals surface area contributed by atoms with Gasteiger partial charge < -0.3 is 10.1 Å². The molecule has 4 rings (SSSR count). The van der Waals surface area contributed by atoms with Crippen molar-refractivity contribution < 1.29 is 13.9 Å². The van der Waals surface area contributed by atoms with Crippen LogP contribution in [0.15, 0.2) is 54.2 Å². The predicted octanol–water partition coefficient (Wildman–Crippen LogP) is 5.64. The van der Waals surface area contributed by atoms with Crippen molar-refractivity contribution in [2.24, 2.45) is 0 Å². The Balaban J connectivity index is 1.57. The molecule has 2 aromatic heterocycles. The Kier molecular flexibility index (Phi) is 6.23. The van der Waals surface area contributed by atoms with E-state index in [1.165, 1.54) is 29.8 Å². The van der Waals surface area contributed by atoms with Crippen LogP contribution < -0.4 is 10.1 Å². The van der Waals surface area contributed by atoms with Crippen LogP contribution in [-0.2, 0) is 17.6 Å². The number of aryl methyl sites for hydroxylation is 2. The van der Waals surface area contributed by atoms with Crippen molar-refractivity contribution in [3.63, 3.8) is 0 Å². The van der Waals surface area contributed by atoms with Crippen molar-refractivity contribution in [3.8, 4) is 17.0 Å². The highest BCUT2D eigenvalue weighted by Gasteiger charge is 2.16. The van der Waals surface area contributed by atoms with Gasteiger partial charge in [0, 0.05) is 16.6 Å². The largest absolute Gasteiger partial charge is 0.467 e. The van der Waals surface area contributed by atoms with E-state index in [-0.39, 0.29) is 18.3 Å². The third-order valence-electron chi connectivity index (χ3n) is 5.09. The first-order valence-electron chi connectivity index (χ1n) is 10.1. The average Bonchev–Trinajstić information content (AvgIpc) is 3.23. The van der Waals surface area contributed by atoms with E-state index in [0.717, 1.165) is 51.0 Å². The average molecular weight is 436 g/mol. The predicted molar refractivity (Wildman–Crippen MR) is 122 cm³/mol. The van der Waals surface area contributed by atoms with E-state index in [2.05, 4.69) is 29.1 Å². The lowest BCUT2D eigenvalue weighted by molar-refractivity contribution is -0.118. The zero-order valence-electron chi connectivity index (χ0n) is 17.3. The van der Waals surface area contributed by atoms with Gasteiger partial charge in [-0.3, -0.25) is 4.79 Å². The van der Waals surface area contributed by atoms with Crippen LogP contribution in [0.2, 0.25) is 0 Å². The van der Waals surface area contributed by atoms with Crippen molar-refractivity contribution in [1.82, 2.24) is 9.97 Å². The first-order chi connectivity index (χ1) is 15.1. The number of nitrogens with zero attached hydrogens (tertiary/aromatic N) is 2. The van der Waals surface area contributed by atoms with E-state index in [1.54, 1.807) is 12.1 Å².